The van der Waals surface area contributed by atoms with Gasteiger partial charge in [-0.2, -0.15) is 0 Å². The Kier molecular flexibility index (Phi) is 12.9. The number of aliphatic hydroxyl groups excluding tert-OH is 3. The minimum absolute atomic E-state index is 0.0245. The first-order valence-electron chi connectivity index (χ1n) is 21.7. The van der Waals surface area contributed by atoms with Crippen molar-refractivity contribution in [3.8, 4) is 0 Å². The predicted molar refractivity (Wildman–Crippen MR) is 216 cm³/mol. The average molecular weight is 857 g/mol. The number of hydrogen-bond donors (Lipinski definition) is 5. The maximum atomic E-state index is 14.1. The number of rotatable bonds is 10. The maximum absolute atomic E-state index is 14.1. The molecular weight excluding hydrogens is 792 g/mol. The average Bonchev–Trinajstić information content (AvgIpc) is 3.51. The SMILES string of the molecule is C/C=C(\C)C(=O)O[C@@H]1[C@@H](OC(=O)c2ccccc2)[C@@H]2[C@@]3(C)CC[C@H](O[C@H]4C[C@@H](O)[C@H](O[C@@H]5O[C@H](C)[C@@H](O)[C@@H](OC)[C@H]5O)[C@@H](C)O4)CC3=CC[C@@]2(O)[C@@]2(O)CC[C@H](C(C)=O)[C@@]12C. The molecule has 0 radical (unpaired) electrons. The van der Waals surface area contributed by atoms with E-state index in [1.807, 2.05) is 13.0 Å². The monoisotopic (exact) mass is 856 g/mol. The highest BCUT2D eigenvalue weighted by molar-refractivity contribution is 5.90. The number of fused-ring (bicyclic) bond motifs is 5. The molecule has 3 saturated carbocycles. The van der Waals surface area contributed by atoms with Crippen molar-refractivity contribution in [1.82, 2.24) is 0 Å². The Balaban J connectivity index is 1.16. The van der Waals surface area contributed by atoms with Crippen molar-refractivity contribution < 1.29 is 73.1 Å². The zero-order valence-electron chi connectivity index (χ0n) is 36.4. The molecule has 7 rings (SSSR count). The van der Waals surface area contributed by atoms with E-state index < -0.39 is 113 Å². The molecule has 338 valence electrons. The van der Waals surface area contributed by atoms with Crippen LogP contribution in [-0.4, -0.2) is 135 Å². The Morgan fingerprint density at radius 2 is 1.57 bits per heavy atom. The lowest BCUT2D eigenvalue weighted by Gasteiger charge is -2.68. The van der Waals surface area contributed by atoms with Gasteiger partial charge in [-0.05, 0) is 90.7 Å². The zero-order chi connectivity index (χ0) is 44.4. The summed E-state index contributed by atoms with van der Waals surface area (Å²) in [5, 5.41) is 58.9. The van der Waals surface area contributed by atoms with E-state index in [-0.39, 0.29) is 43.1 Å². The number of ether oxygens (including phenoxy) is 7. The first-order valence-corrected chi connectivity index (χ1v) is 21.7. The van der Waals surface area contributed by atoms with Crippen LogP contribution >= 0.6 is 0 Å². The molecule has 61 heavy (non-hydrogen) atoms. The van der Waals surface area contributed by atoms with Crippen LogP contribution in [0.4, 0.5) is 0 Å². The fourth-order valence-electron chi connectivity index (χ4n) is 11.9. The summed E-state index contributed by atoms with van der Waals surface area (Å²) in [6, 6.07) is 8.40. The van der Waals surface area contributed by atoms with Crippen molar-refractivity contribution in [2.45, 2.75) is 178 Å². The summed E-state index contributed by atoms with van der Waals surface area (Å²) < 4.78 is 42.7. The van der Waals surface area contributed by atoms with Gasteiger partial charge in [0.2, 0.25) is 0 Å². The van der Waals surface area contributed by atoms with E-state index in [2.05, 4.69) is 0 Å². The van der Waals surface area contributed by atoms with Crippen LogP contribution in [0.25, 0.3) is 0 Å². The fraction of sp³-hybridized carbons (Fsp3) is 0.717. The fourth-order valence-corrected chi connectivity index (χ4v) is 11.9. The van der Waals surface area contributed by atoms with Crippen LogP contribution in [0.15, 0.2) is 53.6 Å². The number of benzene rings is 1. The highest BCUT2D eigenvalue weighted by Crippen LogP contribution is 2.70. The summed E-state index contributed by atoms with van der Waals surface area (Å²) in [4.78, 5) is 41.3. The van der Waals surface area contributed by atoms with E-state index in [4.69, 9.17) is 33.2 Å². The molecule has 18 atom stereocenters. The second-order valence-electron chi connectivity index (χ2n) is 18.7. The lowest BCUT2D eigenvalue weighted by atomic mass is 9.42. The summed E-state index contributed by atoms with van der Waals surface area (Å²) in [5.41, 5.74) is -4.84. The van der Waals surface area contributed by atoms with Gasteiger partial charge in [0.1, 0.15) is 53.6 Å². The molecule has 1 aromatic rings. The molecule has 15 nitrogen and oxygen atoms in total. The van der Waals surface area contributed by atoms with E-state index >= 15 is 0 Å². The third-order valence-corrected chi connectivity index (χ3v) is 15.4. The van der Waals surface area contributed by atoms with Crippen LogP contribution in [0.5, 0.6) is 0 Å². The number of aliphatic hydroxyl groups is 5. The number of esters is 2. The van der Waals surface area contributed by atoms with Crippen LogP contribution < -0.4 is 0 Å². The predicted octanol–water partition coefficient (Wildman–Crippen LogP) is 3.46. The standard InChI is InChI=1S/C46H64O15/c1-9-23(2)40(51)61-39-37(59-41(52)27-13-11-10-12-14-27)38-43(6)18-16-29(21-28(43)15-19-45(38,53)46(54)20-17-30(24(3)47)44(39,46)7)58-32-22-31(48)35(26(5)56-32)60-42-34(50)36(55-8)33(49)25(4)57-42/h9-15,25-26,29-39,42,48-50,53-54H,16-22H2,1-8H3/b23-9+/t25-,26-,29+,30-,31-,32+,33-,34-,35-,36-,37+,38-,39-,42+,43+,44+,45+,46-/m1/s1. The van der Waals surface area contributed by atoms with Gasteiger partial charge in [0.15, 0.2) is 12.6 Å². The number of hydrogen-bond acceptors (Lipinski definition) is 15. The second kappa shape index (κ2) is 17.1. The van der Waals surface area contributed by atoms with Crippen molar-refractivity contribution in [3.05, 3.63) is 59.2 Å². The Morgan fingerprint density at radius 3 is 2.21 bits per heavy atom. The van der Waals surface area contributed by atoms with Gasteiger partial charge < -0.3 is 58.7 Å². The molecule has 5 N–H and O–H groups in total. The highest BCUT2D eigenvalue weighted by Gasteiger charge is 2.80. The molecular formula is C46H64O15. The third kappa shape index (κ3) is 7.53. The Morgan fingerprint density at radius 1 is 0.869 bits per heavy atom. The highest BCUT2D eigenvalue weighted by atomic mass is 16.7. The largest absolute Gasteiger partial charge is 0.454 e. The van der Waals surface area contributed by atoms with Crippen molar-refractivity contribution in [3.63, 3.8) is 0 Å². The second-order valence-corrected chi connectivity index (χ2v) is 18.7. The molecule has 0 unspecified atom stereocenters. The number of allylic oxidation sites excluding steroid dienone is 1. The maximum Gasteiger partial charge on any atom is 0.338 e. The molecule has 2 saturated heterocycles. The molecule has 2 aliphatic heterocycles. The van der Waals surface area contributed by atoms with Gasteiger partial charge >= 0.3 is 11.9 Å². The van der Waals surface area contributed by atoms with E-state index in [9.17, 15) is 39.9 Å². The summed E-state index contributed by atoms with van der Waals surface area (Å²) in [6.45, 7) is 11.8. The number of carbonyl (C=O) groups excluding carboxylic acids is 3. The van der Waals surface area contributed by atoms with Crippen molar-refractivity contribution in [1.29, 1.82) is 0 Å². The smallest absolute Gasteiger partial charge is 0.338 e. The van der Waals surface area contributed by atoms with E-state index in [1.54, 1.807) is 71.0 Å². The van der Waals surface area contributed by atoms with Gasteiger partial charge in [0.25, 0.3) is 0 Å². The number of ketones is 1. The molecule has 6 aliphatic rings. The van der Waals surface area contributed by atoms with Gasteiger partial charge in [0, 0.05) is 36.4 Å². The first-order chi connectivity index (χ1) is 28.7. The summed E-state index contributed by atoms with van der Waals surface area (Å²) >= 11 is 0. The number of Topliss-reactive ketones (excluding diaryl/α,β-unsaturated/α-hetero) is 1. The van der Waals surface area contributed by atoms with E-state index in [1.165, 1.54) is 14.0 Å². The van der Waals surface area contributed by atoms with E-state index in [0.717, 1.165) is 5.57 Å². The van der Waals surface area contributed by atoms with Crippen LogP contribution in [-0.2, 0) is 42.7 Å². The minimum atomic E-state index is -1.92. The Bertz CT molecular complexity index is 1860. The summed E-state index contributed by atoms with van der Waals surface area (Å²) in [5.74, 6) is -3.41. The van der Waals surface area contributed by atoms with Gasteiger partial charge in [-0.3, -0.25) is 4.79 Å². The van der Waals surface area contributed by atoms with Crippen LogP contribution in [0.2, 0.25) is 0 Å². The minimum Gasteiger partial charge on any atom is -0.454 e. The third-order valence-electron chi connectivity index (χ3n) is 15.4. The number of methoxy groups -OCH3 is 1. The van der Waals surface area contributed by atoms with Gasteiger partial charge in [-0.15, -0.1) is 0 Å². The topological polar surface area (TPSA) is 217 Å². The first kappa shape index (κ1) is 45.9. The molecule has 5 fully saturated rings. The molecule has 1 aromatic carbocycles. The van der Waals surface area contributed by atoms with Gasteiger partial charge in [-0.25, -0.2) is 9.59 Å². The molecule has 15 heteroatoms. The molecule has 0 aromatic heterocycles. The lowest BCUT2D eigenvalue weighted by molar-refractivity contribution is -0.342. The van der Waals surface area contributed by atoms with Gasteiger partial charge in [-0.1, -0.05) is 49.8 Å². The van der Waals surface area contributed by atoms with E-state index in [0.29, 0.717) is 24.8 Å². The summed E-state index contributed by atoms with van der Waals surface area (Å²) in [7, 11) is 1.38. The molecule has 0 bridgehead atoms. The molecule has 4 aliphatic carbocycles. The molecule has 0 spiro atoms. The molecule has 0 amide bonds. The van der Waals surface area contributed by atoms with Crippen LogP contribution in [0.1, 0.15) is 104 Å². The van der Waals surface area contributed by atoms with Crippen LogP contribution in [0.3, 0.4) is 0 Å². The Labute approximate surface area is 357 Å². The Hall–Kier alpha value is -3.09. The normalized spacial score (nSPS) is 46.0. The number of carbonyl (C=O) groups is 3. The summed E-state index contributed by atoms with van der Waals surface area (Å²) in [6.07, 6.45) is -6.52. The van der Waals surface area contributed by atoms with Gasteiger partial charge in [0.05, 0.1) is 30.0 Å². The van der Waals surface area contributed by atoms with Crippen molar-refractivity contribution >= 4 is 17.7 Å². The van der Waals surface area contributed by atoms with Crippen molar-refractivity contribution in [2.75, 3.05) is 7.11 Å². The van der Waals surface area contributed by atoms with Crippen molar-refractivity contribution in [2.24, 2.45) is 22.7 Å². The quantitative estimate of drug-likeness (QED) is 0.129. The molecule has 2 heterocycles. The lowest BCUT2D eigenvalue weighted by Crippen LogP contribution is -2.80. The zero-order valence-corrected chi connectivity index (χ0v) is 36.4. The van der Waals surface area contributed by atoms with Crippen LogP contribution in [0, 0.1) is 22.7 Å².